The Hall–Kier alpha value is -3.26. The van der Waals surface area contributed by atoms with E-state index in [4.69, 9.17) is 44.1 Å². The first-order valence-corrected chi connectivity index (χ1v) is 11.3. The lowest BCUT2D eigenvalue weighted by molar-refractivity contribution is 0.262. The largest absolute Gasteiger partial charge is 0.439 e. The average molecular weight is 518 g/mol. The van der Waals surface area contributed by atoms with E-state index in [2.05, 4.69) is 20.8 Å². The second-order valence-electron chi connectivity index (χ2n) is 7.50. The summed E-state index contributed by atoms with van der Waals surface area (Å²) in [5.41, 5.74) is 3.43. The van der Waals surface area contributed by atoms with Crippen LogP contribution < -0.4 is 15.4 Å². The molecule has 0 aliphatic rings. The Morgan fingerprint density at radius 2 is 1.65 bits per heavy atom. The molecule has 0 saturated carbocycles. The van der Waals surface area contributed by atoms with Crippen LogP contribution in [0.1, 0.15) is 16.9 Å². The number of hydrogen-bond acceptors (Lipinski definition) is 5. The van der Waals surface area contributed by atoms with Gasteiger partial charge in [-0.3, -0.25) is 0 Å². The first-order chi connectivity index (χ1) is 16.2. The summed E-state index contributed by atoms with van der Waals surface area (Å²) in [5.74, 6) is 1.40. The molecule has 0 saturated heterocycles. The predicted octanol–water partition coefficient (Wildman–Crippen LogP) is 8.06. The van der Waals surface area contributed by atoms with Gasteiger partial charge in [-0.05, 0) is 62.2 Å². The SMILES string of the molecule is Cc1cc(Oc2ccc(NC(=O)Nc3c(-c4c(Cl)cccc4Cl)noc3C)cn2)cc(C)c1Cl. The molecule has 0 spiro atoms. The number of carbonyl (C=O) groups is 1. The van der Waals surface area contributed by atoms with Gasteiger partial charge in [0.05, 0.1) is 21.9 Å². The fourth-order valence-corrected chi connectivity index (χ4v) is 3.98. The van der Waals surface area contributed by atoms with Crippen molar-refractivity contribution in [2.24, 2.45) is 0 Å². The third-order valence-electron chi connectivity index (χ3n) is 4.93. The zero-order chi connectivity index (χ0) is 24.4. The number of rotatable bonds is 5. The summed E-state index contributed by atoms with van der Waals surface area (Å²) in [5, 5.41) is 10.9. The number of nitrogens with zero attached hydrogens (tertiary/aromatic N) is 2. The molecular formula is C24H19Cl3N4O3. The first kappa shape index (κ1) is 23.9. The number of amides is 2. The normalized spacial score (nSPS) is 10.8. The number of urea groups is 1. The molecule has 174 valence electrons. The lowest BCUT2D eigenvalue weighted by atomic mass is 10.1. The van der Waals surface area contributed by atoms with Gasteiger partial charge in [0.15, 0.2) is 5.76 Å². The van der Waals surface area contributed by atoms with Crippen LogP contribution in [0.3, 0.4) is 0 Å². The van der Waals surface area contributed by atoms with Gasteiger partial charge < -0.3 is 19.9 Å². The minimum absolute atomic E-state index is 0.332. The zero-order valence-corrected chi connectivity index (χ0v) is 20.6. The van der Waals surface area contributed by atoms with Crippen LogP contribution in [0.5, 0.6) is 11.6 Å². The van der Waals surface area contributed by atoms with Crippen LogP contribution in [0.4, 0.5) is 16.2 Å². The highest BCUT2D eigenvalue weighted by Crippen LogP contribution is 2.39. The first-order valence-electron chi connectivity index (χ1n) is 10.1. The summed E-state index contributed by atoms with van der Waals surface area (Å²) < 4.78 is 11.1. The molecule has 2 aromatic heterocycles. The fraction of sp³-hybridized carbons (Fsp3) is 0.125. The number of hydrogen-bond donors (Lipinski definition) is 2. The number of nitrogens with one attached hydrogen (secondary N) is 2. The van der Waals surface area contributed by atoms with Gasteiger partial charge in [-0.1, -0.05) is 46.0 Å². The number of anilines is 2. The number of aromatic nitrogens is 2. The summed E-state index contributed by atoms with van der Waals surface area (Å²) in [4.78, 5) is 16.9. The zero-order valence-electron chi connectivity index (χ0n) is 18.4. The van der Waals surface area contributed by atoms with E-state index in [9.17, 15) is 4.79 Å². The van der Waals surface area contributed by atoms with Crippen molar-refractivity contribution < 1.29 is 14.1 Å². The molecule has 0 aliphatic carbocycles. The maximum atomic E-state index is 12.6. The van der Waals surface area contributed by atoms with Crippen molar-refractivity contribution in [2.45, 2.75) is 20.8 Å². The van der Waals surface area contributed by atoms with Gasteiger partial charge >= 0.3 is 6.03 Å². The minimum Gasteiger partial charge on any atom is -0.439 e. The summed E-state index contributed by atoms with van der Waals surface area (Å²) in [6, 6.07) is 11.5. The molecule has 4 rings (SSSR count). The topological polar surface area (TPSA) is 89.3 Å². The number of halogens is 3. The fourth-order valence-electron chi connectivity index (χ4n) is 3.29. The van der Waals surface area contributed by atoms with Crippen LogP contribution in [-0.4, -0.2) is 16.2 Å². The summed E-state index contributed by atoms with van der Waals surface area (Å²) in [6.45, 7) is 5.48. The van der Waals surface area contributed by atoms with Gasteiger partial charge in [-0.2, -0.15) is 0 Å². The summed E-state index contributed by atoms with van der Waals surface area (Å²) in [6.07, 6.45) is 1.48. The molecule has 7 nitrogen and oxygen atoms in total. The molecule has 34 heavy (non-hydrogen) atoms. The summed E-state index contributed by atoms with van der Waals surface area (Å²) >= 11 is 18.8. The Balaban J connectivity index is 1.46. The molecule has 2 N–H and O–H groups in total. The van der Waals surface area contributed by atoms with E-state index < -0.39 is 6.03 Å². The smallest absolute Gasteiger partial charge is 0.323 e. The lowest BCUT2D eigenvalue weighted by Gasteiger charge is -2.11. The number of carbonyl (C=O) groups excluding carboxylic acids is 1. The van der Waals surface area contributed by atoms with E-state index in [1.807, 2.05) is 26.0 Å². The third kappa shape index (κ3) is 5.12. The number of benzene rings is 2. The molecule has 0 aliphatic heterocycles. The van der Waals surface area contributed by atoms with E-state index in [0.717, 1.165) is 11.1 Å². The molecule has 2 heterocycles. The highest BCUT2D eigenvalue weighted by molar-refractivity contribution is 6.39. The number of ether oxygens (including phenoxy) is 1. The van der Waals surface area contributed by atoms with Crippen molar-refractivity contribution in [3.63, 3.8) is 0 Å². The molecule has 10 heteroatoms. The van der Waals surface area contributed by atoms with Gasteiger partial charge in [0.2, 0.25) is 5.88 Å². The molecule has 4 aromatic rings. The Kier molecular flexibility index (Phi) is 6.97. The van der Waals surface area contributed by atoms with Crippen molar-refractivity contribution in [1.82, 2.24) is 10.1 Å². The van der Waals surface area contributed by atoms with E-state index in [0.29, 0.717) is 55.1 Å². The Morgan fingerprint density at radius 3 is 2.26 bits per heavy atom. The standard InChI is InChI=1S/C24H19Cl3N4O3/c1-12-9-16(10-13(2)21(12)27)33-19-8-7-15(11-28-19)29-24(32)30-22-14(3)34-31-23(22)20-17(25)5-4-6-18(20)26/h4-11H,1-3H3,(H2,29,30,32). The highest BCUT2D eigenvalue weighted by Gasteiger charge is 2.21. The van der Waals surface area contributed by atoms with Gasteiger partial charge in [-0.15, -0.1) is 0 Å². The van der Waals surface area contributed by atoms with Gasteiger partial charge in [0, 0.05) is 16.7 Å². The van der Waals surface area contributed by atoms with Crippen LogP contribution >= 0.6 is 34.8 Å². The van der Waals surface area contributed by atoms with Crippen LogP contribution in [0.15, 0.2) is 53.2 Å². The monoisotopic (exact) mass is 516 g/mol. The molecule has 0 unspecified atom stereocenters. The van der Waals surface area contributed by atoms with Gasteiger partial charge in [0.25, 0.3) is 0 Å². The quantitative estimate of drug-likeness (QED) is 0.279. The Morgan fingerprint density at radius 1 is 0.971 bits per heavy atom. The molecule has 0 bridgehead atoms. The third-order valence-corrected chi connectivity index (χ3v) is 6.15. The minimum atomic E-state index is -0.518. The van der Waals surface area contributed by atoms with Crippen LogP contribution in [0, 0.1) is 20.8 Å². The molecule has 2 aromatic carbocycles. The molecule has 0 radical (unpaired) electrons. The molecular weight excluding hydrogens is 499 g/mol. The summed E-state index contributed by atoms with van der Waals surface area (Å²) in [7, 11) is 0. The van der Waals surface area contributed by atoms with Gasteiger partial charge in [0.1, 0.15) is 17.1 Å². The molecule has 0 atom stereocenters. The maximum Gasteiger partial charge on any atom is 0.323 e. The van der Waals surface area contributed by atoms with Crippen LogP contribution in [0.25, 0.3) is 11.3 Å². The van der Waals surface area contributed by atoms with Crippen molar-refractivity contribution in [3.05, 3.63) is 80.6 Å². The average Bonchev–Trinajstić information content (AvgIpc) is 3.13. The highest BCUT2D eigenvalue weighted by atomic mass is 35.5. The van der Waals surface area contributed by atoms with Crippen molar-refractivity contribution in [2.75, 3.05) is 10.6 Å². The van der Waals surface area contributed by atoms with Crippen molar-refractivity contribution in [3.8, 4) is 22.9 Å². The lowest BCUT2D eigenvalue weighted by Crippen LogP contribution is -2.20. The Bertz CT molecular complexity index is 1330. The van der Waals surface area contributed by atoms with E-state index in [1.54, 1.807) is 37.3 Å². The van der Waals surface area contributed by atoms with E-state index in [-0.39, 0.29) is 0 Å². The van der Waals surface area contributed by atoms with E-state index in [1.165, 1.54) is 6.20 Å². The Labute approximate surface area is 211 Å². The van der Waals surface area contributed by atoms with Crippen molar-refractivity contribution in [1.29, 1.82) is 0 Å². The number of pyridine rings is 1. The van der Waals surface area contributed by atoms with Crippen LogP contribution in [-0.2, 0) is 0 Å². The predicted molar refractivity (Wildman–Crippen MR) is 135 cm³/mol. The molecule has 2 amide bonds. The second-order valence-corrected chi connectivity index (χ2v) is 8.69. The number of aryl methyl sites for hydroxylation is 3. The molecule has 0 fully saturated rings. The van der Waals surface area contributed by atoms with Crippen molar-refractivity contribution >= 4 is 52.2 Å². The van der Waals surface area contributed by atoms with E-state index >= 15 is 0 Å². The van der Waals surface area contributed by atoms with Gasteiger partial charge in [-0.25, -0.2) is 9.78 Å². The maximum absolute atomic E-state index is 12.6. The van der Waals surface area contributed by atoms with Crippen LogP contribution in [0.2, 0.25) is 15.1 Å². The second kappa shape index (κ2) is 9.93.